The summed E-state index contributed by atoms with van der Waals surface area (Å²) in [6, 6.07) is 6.10. The van der Waals surface area contributed by atoms with E-state index in [1.54, 1.807) is 7.11 Å². The third-order valence-electron chi connectivity index (χ3n) is 3.15. The Morgan fingerprint density at radius 1 is 1.47 bits per heavy atom. The molecule has 0 bridgehead atoms. The zero-order valence-electron chi connectivity index (χ0n) is 9.95. The summed E-state index contributed by atoms with van der Waals surface area (Å²) in [6.07, 6.45) is 1.48. The molecular formula is C13H16Br2O2. The lowest BCUT2D eigenvalue weighted by molar-refractivity contribution is 0.120. The van der Waals surface area contributed by atoms with Crippen molar-refractivity contribution >= 4 is 31.9 Å². The number of methoxy groups -OCH3 is 1. The Kier molecular flexibility index (Phi) is 4.50. The number of halogens is 2. The fraction of sp³-hybridized carbons (Fsp3) is 0.538. The second kappa shape index (κ2) is 5.72. The minimum atomic E-state index is 0.327. The van der Waals surface area contributed by atoms with Gasteiger partial charge in [0.25, 0.3) is 0 Å². The maximum atomic E-state index is 5.62. The Morgan fingerprint density at radius 2 is 2.24 bits per heavy atom. The van der Waals surface area contributed by atoms with Crippen LogP contribution in [0.2, 0.25) is 0 Å². The highest BCUT2D eigenvalue weighted by molar-refractivity contribution is 9.11. The van der Waals surface area contributed by atoms with E-state index in [4.69, 9.17) is 9.47 Å². The number of ether oxygens (including phenoxy) is 2. The first-order chi connectivity index (χ1) is 8.11. The minimum Gasteiger partial charge on any atom is -0.497 e. The first-order valence-corrected chi connectivity index (χ1v) is 7.41. The third-order valence-corrected chi connectivity index (χ3v) is 5.08. The van der Waals surface area contributed by atoms with Crippen LogP contribution in [0.3, 0.4) is 0 Å². The van der Waals surface area contributed by atoms with E-state index in [0.717, 1.165) is 23.2 Å². The van der Waals surface area contributed by atoms with Gasteiger partial charge in [-0.3, -0.25) is 0 Å². The van der Waals surface area contributed by atoms with Crippen molar-refractivity contribution in [1.82, 2.24) is 0 Å². The van der Waals surface area contributed by atoms with Crippen LogP contribution >= 0.6 is 31.9 Å². The molecule has 1 aromatic carbocycles. The lowest BCUT2D eigenvalue weighted by Gasteiger charge is -2.18. The van der Waals surface area contributed by atoms with Gasteiger partial charge in [0.15, 0.2) is 0 Å². The minimum absolute atomic E-state index is 0.327. The lowest BCUT2D eigenvalue weighted by Crippen LogP contribution is -2.08. The van der Waals surface area contributed by atoms with Crippen molar-refractivity contribution in [1.29, 1.82) is 0 Å². The largest absolute Gasteiger partial charge is 0.497 e. The molecule has 1 heterocycles. The quantitative estimate of drug-likeness (QED) is 0.744. The molecule has 0 spiro atoms. The molecule has 4 heteroatoms. The van der Waals surface area contributed by atoms with Crippen LogP contribution < -0.4 is 4.74 Å². The molecule has 1 saturated heterocycles. The second-order valence-electron chi connectivity index (χ2n) is 4.43. The predicted molar refractivity (Wildman–Crippen MR) is 75.9 cm³/mol. The SMILES string of the molecule is COc1ccc(C(Br)C2COC(C)C2)c(Br)c1. The van der Waals surface area contributed by atoms with Crippen molar-refractivity contribution in [2.24, 2.45) is 5.92 Å². The van der Waals surface area contributed by atoms with E-state index in [1.807, 2.05) is 12.1 Å². The predicted octanol–water partition coefficient (Wildman–Crippen LogP) is 4.32. The van der Waals surface area contributed by atoms with Gasteiger partial charge in [-0.05, 0) is 31.0 Å². The van der Waals surface area contributed by atoms with Crippen LogP contribution in [-0.4, -0.2) is 19.8 Å². The Morgan fingerprint density at radius 3 is 2.76 bits per heavy atom. The van der Waals surface area contributed by atoms with Gasteiger partial charge in [0.05, 0.1) is 19.8 Å². The first kappa shape index (κ1) is 13.4. The Hall–Kier alpha value is -0.0600. The summed E-state index contributed by atoms with van der Waals surface area (Å²) in [4.78, 5) is 0.327. The molecule has 1 aliphatic heterocycles. The highest BCUT2D eigenvalue weighted by atomic mass is 79.9. The van der Waals surface area contributed by atoms with E-state index < -0.39 is 0 Å². The Balaban J connectivity index is 2.16. The summed E-state index contributed by atoms with van der Waals surface area (Å²) < 4.78 is 11.9. The van der Waals surface area contributed by atoms with E-state index in [1.165, 1.54) is 5.56 Å². The molecule has 0 amide bonds. The molecule has 1 aliphatic rings. The molecule has 1 aromatic rings. The molecule has 3 atom stereocenters. The van der Waals surface area contributed by atoms with Crippen LogP contribution in [0, 0.1) is 5.92 Å². The molecule has 0 aliphatic carbocycles. The summed E-state index contributed by atoms with van der Waals surface area (Å²) in [5.41, 5.74) is 1.26. The van der Waals surface area contributed by atoms with Gasteiger partial charge in [-0.25, -0.2) is 0 Å². The van der Waals surface area contributed by atoms with Gasteiger partial charge < -0.3 is 9.47 Å². The average molecular weight is 364 g/mol. The molecule has 0 radical (unpaired) electrons. The topological polar surface area (TPSA) is 18.5 Å². The maximum Gasteiger partial charge on any atom is 0.120 e. The molecule has 2 nitrogen and oxygen atoms in total. The van der Waals surface area contributed by atoms with Gasteiger partial charge in [0.2, 0.25) is 0 Å². The van der Waals surface area contributed by atoms with Crippen LogP contribution in [0.15, 0.2) is 22.7 Å². The maximum absolute atomic E-state index is 5.62. The van der Waals surface area contributed by atoms with Gasteiger partial charge in [-0.15, -0.1) is 0 Å². The van der Waals surface area contributed by atoms with E-state index in [0.29, 0.717) is 16.8 Å². The average Bonchev–Trinajstić information content (AvgIpc) is 2.75. The zero-order valence-corrected chi connectivity index (χ0v) is 13.1. The summed E-state index contributed by atoms with van der Waals surface area (Å²) in [5.74, 6) is 1.41. The molecule has 1 fully saturated rings. The van der Waals surface area contributed by atoms with Crippen molar-refractivity contribution in [3.63, 3.8) is 0 Å². The molecule has 0 saturated carbocycles. The summed E-state index contributed by atoms with van der Waals surface area (Å²) in [6.45, 7) is 2.96. The van der Waals surface area contributed by atoms with Crippen molar-refractivity contribution in [2.45, 2.75) is 24.3 Å². The molecule has 0 N–H and O–H groups in total. The van der Waals surface area contributed by atoms with Crippen molar-refractivity contribution in [3.8, 4) is 5.75 Å². The third kappa shape index (κ3) is 3.04. The number of hydrogen-bond acceptors (Lipinski definition) is 2. The fourth-order valence-corrected chi connectivity index (χ4v) is 3.85. The van der Waals surface area contributed by atoms with Crippen LogP contribution in [0.25, 0.3) is 0 Å². The molecule has 2 rings (SSSR count). The molecule has 94 valence electrons. The fourth-order valence-electron chi connectivity index (χ4n) is 2.17. The summed E-state index contributed by atoms with van der Waals surface area (Å²) in [5, 5.41) is 0. The molecule has 17 heavy (non-hydrogen) atoms. The first-order valence-electron chi connectivity index (χ1n) is 5.71. The highest BCUT2D eigenvalue weighted by Crippen LogP contribution is 2.41. The van der Waals surface area contributed by atoms with E-state index in [-0.39, 0.29) is 0 Å². The normalized spacial score (nSPS) is 25.9. The summed E-state index contributed by atoms with van der Waals surface area (Å²) in [7, 11) is 1.68. The van der Waals surface area contributed by atoms with Gasteiger partial charge >= 0.3 is 0 Å². The number of alkyl halides is 1. The van der Waals surface area contributed by atoms with Gasteiger partial charge in [0, 0.05) is 15.2 Å². The van der Waals surface area contributed by atoms with E-state index >= 15 is 0 Å². The van der Waals surface area contributed by atoms with Crippen LogP contribution in [0.5, 0.6) is 5.75 Å². The smallest absolute Gasteiger partial charge is 0.120 e. The van der Waals surface area contributed by atoms with Gasteiger partial charge in [-0.2, -0.15) is 0 Å². The van der Waals surface area contributed by atoms with Gasteiger partial charge in [-0.1, -0.05) is 37.9 Å². The van der Waals surface area contributed by atoms with Crippen molar-refractivity contribution < 1.29 is 9.47 Å². The van der Waals surface area contributed by atoms with Crippen LogP contribution in [0.4, 0.5) is 0 Å². The zero-order chi connectivity index (χ0) is 12.4. The number of rotatable bonds is 3. The Labute approximate surface area is 119 Å². The standard InChI is InChI=1S/C13H16Br2O2/c1-8-5-9(7-17-8)13(15)11-4-3-10(16-2)6-12(11)14/h3-4,6,8-9,13H,5,7H2,1-2H3. The lowest BCUT2D eigenvalue weighted by atomic mass is 9.97. The number of hydrogen-bond donors (Lipinski definition) is 0. The highest BCUT2D eigenvalue weighted by Gasteiger charge is 2.29. The molecular weight excluding hydrogens is 348 g/mol. The van der Waals surface area contributed by atoms with Crippen LogP contribution in [0.1, 0.15) is 23.7 Å². The van der Waals surface area contributed by atoms with Crippen LogP contribution in [-0.2, 0) is 4.74 Å². The van der Waals surface area contributed by atoms with E-state index in [2.05, 4.69) is 44.8 Å². The summed E-state index contributed by atoms with van der Waals surface area (Å²) >= 11 is 7.39. The molecule has 3 unspecified atom stereocenters. The second-order valence-corrected chi connectivity index (χ2v) is 6.27. The van der Waals surface area contributed by atoms with Gasteiger partial charge in [0.1, 0.15) is 5.75 Å². The van der Waals surface area contributed by atoms with E-state index in [9.17, 15) is 0 Å². The number of benzene rings is 1. The van der Waals surface area contributed by atoms with Crippen molar-refractivity contribution in [2.75, 3.05) is 13.7 Å². The Bertz CT molecular complexity index is 395. The monoisotopic (exact) mass is 362 g/mol. The van der Waals surface area contributed by atoms with Crippen molar-refractivity contribution in [3.05, 3.63) is 28.2 Å². The molecule has 0 aromatic heterocycles.